The van der Waals surface area contributed by atoms with Crippen LogP contribution in [-0.2, 0) is 17.8 Å². The summed E-state index contributed by atoms with van der Waals surface area (Å²) in [6.07, 6.45) is 2.90. The monoisotopic (exact) mass is 508 g/mol. The van der Waals surface area contributed by atoms with E-state index in [-0.39, 0.29) is 11.7 Å². The lowest BCUT2D eigenvalue weighted by Crippen LogP contribution is -2.50. The van der Waals surface area contributed by atoms with Gasteiger partial charge in [0.05, 0.1) is 25.1 Å². The number of rotatable bonds is 7. The van der Waals surface area contributed by atoms with Crippen LogP contribution in [0.1, 0.15) is 29.7 Å². The minimum absolute atomic E-state index is 0.0161. The van der Waals surface area contributed by atoms with Crippen LogP contribution in [0.3, 0.4) is 0 Å². The fourth-order valence-corrected chi connectivity index (χ4v) is 5.24. The quantitative estimate of drug-likeness (QED) is 0.329. The van der Waals surface area contributed by atoms with E-state index in [2.05, 4.69) is 21.9 Å². The molecule has 7 heteroatoms. The van der Waals surface area contributed by atoms with Gasteiger partial charge in [0.15, 0.2) is 0 Å². The smallest absolute Gasteiger partial charge is 0.259 e. The molecule has 3 heterocycles. The lowest BCUT2D eigenvalue weighted by atomic mass is 10.1. The van der Waals surface area contributed by atoms with Crippen molar-refractivity contribution >= 4 is 11.6 Å². The summed E-state index contributed by atoms with van der Waals surface area (Å²) in [6.45, 7) is 4.65. The van der Waals surface area contributed by atoms with E-state index in [1.807, 2.05) is 84.3 Å². The topological polar surface area (TPSA) is 59.8 Å². The predicted molar refractivity (Wildman–Crippen MR) is 148 cm³/mol. The van der Waals surface area contributed by atoms with Crippen LogP contribution in [0, 0.1) is 6.92 Å². The zero-order valence-electron chi connectivity index (χ0n) is 21.6. The molecule has 0 radical (unpaired) electrons. The van der Waals surface area contributed by atoms with Crippen LogP contribution < -0.4 is 15.2 Å². The van der Waals surface area contributed by atoms with Crippen LogP contribution in [0.5, 0.6) is 11.5 Å². The molecule has 0 bridgehead atoms. The fourth-order valence-electron chi connectivity index (χ4n) is 5.24. The Hall–Kier alpha value is -3.94. The minimum Gasteiger partial charge on any atom is -0.457 e. The number of aryl methyl sites for hydroxylation is 1. The second-order valence-corrected chi connectivity index (χ2v) is 9.98. The molecule has 1 aromatic heterocycles. The van der Waals surface area contributed by atoms with Gasteiger partial charge >= 0.3 is 0 Å². The maximum atomic E-state index is 13.9. The molecule has 1 atom stereocenters. The Kier molecular flexibility index (Phi) is 6.94. The fraction of sp³-hybridized carbons (Fsp3) is 0.290. The summed E-state index contributed by atoms with van der Waals surface area (Å²) >= 11 is 0. The van der Waals surface area contributed by atoms with E-state index in [4.69, 9.17) is 14.5 Å². The molecule has 7 nitrogen and oxygen atoms in total. The van der Waals surface area contributed by atoms with Crippen molar-refractivity contribution in [2.24, 2.45) is 0 Å². The SMILES string of the molecule is Cc1nc2n(c(=O)c1Cc1ccccc1)CN(CC1CCCO1)CN2c1ccc(Oc2ccccc2)cc1. The second kappa shape index (κ2) is 10.8. The maximum Gasteiger partial charge on any atom is 0.259 e. The van der Waals surface area contributed by atoms with E-state index in [1.54, 1.807) is 0 Å². The van der Waals surface area contributed by atoms with Crippen LogP contribution in [0.15, 0.2) is 89.7 Å². The molecule has 38 heavy (non-hydrogen) atoms. The largest absolute Gasteiger partial charge is 0.457 e. The summed E-state index contributed by atoms with van der Waals surface area (Å²) in [5.74, 6) is 2.22. The Morgan fingerprint density at radius 1 is 0.921 bits per heavy atom. The van der Waals surface area contributed by atoms with Crippen LogP contribution in [-0.4, -0.2) is 40.4 Å². The minimum atomic E-state index is 0.0161. The predicted octanol–water partition coefficient (Wildman–Crippen LogP) is 5.48. The highest BCUT2D eigenvalue weighted by Crippen LogP contribution is 2.31. The maximum absolute atomic E-state index is 13.9. The van der Waals surface area contributed by atoms with Crippen molar-refractivity contribution < 1.29 is 9.47 Å². The van der Waals surface area contributed by atoms with E-state index >= 15 is 0 Å². The molecule has 6 rings (SSSR count). The Labute approximate surface area is 222 Å². The van der Waals surface area contributed by atoms with Crippen molar-refractivity contribution in [1.29, 1.82) is 0 Å². The van der Waals surface area contributed by atoms with Crippen molar-refractivity contribution in [3.63, 3.8) is 0 Å². The first-order valence-corrected chi connectivity index (χ1v) is 13.2. The first kappa shape index (κ1) is 24.4. The van der Waals surface area contributed by atoms with Gasteiger partial charge in [0, 0.05) is 30.8 Å². The number of nitrogens with zero attached hydrogens (tertiary/aromatic N) is 4. The van der Waals surface area contributed by atoms with Gasteiger partial charge in [0.25, 0.3) is 5.56 Å². The summed E-state index contributed by atoms with van der Waals surface area (Å²) < 4.78 is 13.7. The van der Waals surface area contributed by atoms with Crippen LogP contribution >= 0.6 is 0 Å². The normalized spacial score (nSPS) is 17.4. The number of hydrogen-bond acceptors (Lipinski definition) is 6. The molecule has 1 fully saturated rings. The van der Waals surface area contributed by atoms with Gasteiger partial charge in [-0.2, -0.15) is 0 Å². The molecule has 0 N–H and O–H groups in total. The van der Waals surface area contributed by atoms with Gasteiger partial charge in [-0.25, -0.2) is 4.98 Å². The third kappa shape index (κ3) is 5.21. The Morgan fingerprint density at radius 3 is 2.34 bits per heavy atom. The highest BCUT2D eigenvalue weighted by Gasteiger charge is 2.30. The van der Waals surface area contributed by atoms with E-state index in [9.17, 15) is 4.79 Å². The third-order valence-corrected chi connectivity index (χ3v) is 7.21. The molecule has 0 aliphatic carbocycles. The number of fused-ring (bicyclic) bond motifs is 1. The van der Waals surface area contributed by atoms with Crippen molar-refractivity contribution in [1.82, 2.24) is 14.5 Å². The van der Waals surface area contributed by atoms with Gasteiger partial charge in [-0.15, -0.1) is 0 Å². The number of benzene rings is 3. The standard InChI is InChI=1S/C31H32N4O3/c1-23-29(19-24-9-4-2-5-10-24)30(36)35-22-33(20-28-13-8-18-37-28)21-34(31(35)32-23)25-14-16-27(17-15-25)38-26-11-6-3-7-12-26/h2-7,9-12,14-17,28H,8,13,18-22H2,1H3. The van der Waals surface area contributed by atoms with E-state index in [1.165, 1.54) is 0 Å². The number of hydrogen-bond donors (Lipinski definition) is 0. The van der Waals surface area contributed by atoms with Crippen molar-refractivity contribution in [2.75, 3.05) is 24.7 Å². The molecule has 0 amide bonds. The van der Waals surface area contributed by atoms with E-state index < -0.39 is 0 Å². The van der Waals surface area contributed by atoms with E-state index in [0.29, 0.717) is 25.7 Å². The number of anilines is 2. The van der Waals surface area contributed by atoms with Gasteiger partial charge in [-0.05, 0) is 61.7 Å². The zero-order valence-corrected chi connectivity index (χ0v) is 21.6. The first-order valence-electron chi connectivity index (χ1n) is 13.2. The van der Waals surface area contributed by atoms with Gasteiger partial charge in [-0.1, -0.05) is 48.5 Å². The van der Waals surface area contributed by atoms with Crippen molar-refractivity contribution in [2.45, 2.75) is 39.0 Å². The van der Waals surface area contributed by atoms with Crippen LogP contribution in [0.4, 0.5) is 11.6 Å². The second-order valence-electron chi connectivity index (χ2n) is 9.98. The van der Waals surface area contributed by atoms with Crippen molar-refractivity contribution in [3.8, 4) is 11.5 Å². The molecule has 3 aromatic carbocycles. The average molecular weight is 509 g/mol. The van der Waals surface area contributed by atoms with Gasteiger partial charge in [0.1, 0.15) is 11.5 Å². The summed E-state index contributed by atoms with van der Waals surface area (Å²) in [4.78, 5) is 23.3. The number of aromatic nitrogens is 2. The highest BCUT2D eigenvalue weighted by molar-refractivity contribution is 5.60. The van der Waals surface area contributed by atoms with Gasteiger partial charge < -0.3 is 9.47 Å². The van der Waals surface area contributed by atoms with Gasteiger partial charge in [-0.3, -0.25) is 19.2 Å². The van der Waals surface area contributed by atoms with Crippen molar-refractivity contribution in [3.05, 3.63) is 112 Å². The zero-order chi connectivity index (χ0) is 25.9. The Morgan fingerprint density at radius 2 is 1.63 bits per heavy atom. The van der Waals surface area contributed by atoms with Crippen LogP contribution in [0.25, 0.3) is 0 Å². The number of ether oxygens (including phenoxy) is 2. The lowest BCUT2D eigenvalue weighted by Gasteiger charge is -2.39. The highest BCUT2D eigenvalue weighted by atomic mass is 16.5. The molecule has 1 saturated heterocycles. The number of para-hydroxylation sites is 1. The third-order valence-electron chi connectivity index (χ3n) is 7.21. The summed E-state index contributed by atoms with van der Waals surface area (Å²) in [7, 11) is 0. The molecular weight excluding hydrogens is 476 g/mol. The molecule has 4 aromatic rings. The molecular formula is C31H32N4O3. The summed E-state index contributed by atoms with van der Waals surface area (Å²) in [5.41, 5.74) is 3.59. The molecule has 0 spiro atoms. The average Bonchev–Trinajstić information content (AvgIpc) is 3.46. The molecule has 194 valence electrons. The molecule has 0 saturated carbocycles. The van der Waals surface area contributed by atoms with Crippen LogP contribution in [0.2, 0.25) is 0 Å². The van der Waals surface area contributed by atoms with E-state index in [0.717, 1.165) is 60.0 Å². The Bertz CT molecular complexity index is 1430. The summed E-state index contributed by atoms with van der Waals surface area (Å²) in [6, 6.07) is 27.8. The molecule has 2 aliphatic heterocycles. The lowest BCUT2D eigenvalue weighted by molar-refractivity contribution is 0.0584. The van der Waals surface area contributed by atoms with Gasteiger partial charge in [0.2, 0.25) is 5.95 Å². The summed E-state index contributed by atoms with van der Waals surface area (Å²) in [5, 5.41) is 0. The molecule has 1 unspecified atom stereocenters. The molecule has 2 aliphatic rings. The Balaban J connectivity index is 1.34. The first-order chi connectivity index (χ1) is 18.6.